The van der Waals surface area contributed by atoms with E-state index < -0.39 is 0 Å². The third-order valence-electron chi connectivity index (χ3n) is 2.32. The molecule has 1 aromatic carbocycles. The minimum Gasteiger partial charge on any atom is -0.364 e. The van der Waals surface area contributed by atoms with Gasteiger partial charge in [-0.3, -0.25) is 5.41 Å². The van der Waals surface area contributed by atoms with Crippen LogP contribution in [0.4, 0.5) is 0 Å². The molecule has 3 heteroatoms. The number of rotatable bonds is 2. The number of nitrogens with one attached hydrogen (secondary N) is 1. The van der Waals surface area contributed by atoms with Gasteiger partial charge in [0.05, 0.1) is 5.71 Å². The van der Waals surface area contributed by atoms with Gasteiger partial charge in [0.15, 0.2) is 0 Å². The third-order valence-corrected chi connectivity index (χ3v) is 2.32. The number of aromatic nitrogens is 1. The predicted molar refractivity (Wildman–Crippen MR) is 58.3 cm³/mol. The van der Waals surface area contributed by atoms with Crippen LogP contribution in [-0.4, -0.2) is 10.9 Å². The van der Waals surface area contributed by atoms with Crippen molar-refractivity contribution in [2.45, 2.75) is 13.8 Å². The Morgan fingerprint density at radius 3 is 2.40 bits per heavy atom. The van der Waals surface area contributed by atoms with Crippen molar-refractivity contribution in [3.05, 3.63) is 52.9 Å². The zero-order valence-corrected chi connectivity index (χ0v) is 8.74. The highest BCUT2D eigenvalue weighted by Crippen LogP contribution is 2.12. The maximum absolute atomic E-state index is 7.98. The van der Waals surface area contributed by atoms with Gasteiger partial charge in [0.1, 0.15) is 12.0 Å². The molecule has 0 spiro atoms. The Balaban J connectivity index is 2.37. The Kier molecular flexibility index (Phi) is 2.37. The Labute approximate surface area is 88.2 Å². The van der Waals surface area contributed by atoms with E-state index in [-0.39, 0.29) is 0 Å². The first kappa shape index (κ1) is 9.65. The van der Waals surface area contributed by atoms with Crippen LogP contribution in [0.25, 0.3) is 0 Å². The average molecular weight is 200 g/mol. The normalized spacial score (nSPS) is 10.3. The molecule has 0 saturated carbocycles. The number of benzene rings is 1. The van der Waals surface area contributed by atoms with Crippen LogP contribution in [-0.2, 0) is 0 Å². The largest absolute Gasteiger partial charge is 0.364 e. The fourth-order valence-electron chi connectivity index (χ4n) is 1.39. The standard InChI is InChI=1S/C12H12N2O/c1-8-3-5-10(6-4-8)11(13)12-9(2)7-15-14-12/h3-7,13H,1-2H3. The van der Waals surface area contributed by atoms with Gasteiger partial charge in [0, 0.05) is 11.1 Å². The van der Waals surface area contributed by atoms with Gasteiger partial charge < -0.3 is 4.52 Å². The maximum atomic E-state index is 7.98. The molecule has 0 aliphatic heterocycles. The summed E-state index contributed by atoms with van der Waals surface area (Å²) in [5, 5.41) is 11.8. The monoisotopic (exact) mass is 200 g/mol. The van der Waals surface area contributed by atoms with Gasteiger partial charge in [-0.1, -0.05) is 35.0 Å². The molecule has 1 N–H and O–H groups in total. The summed E-state index contributed by atoms with van der Waals surface area (Å²) in [6.07, 6.45) is 1.55. The zero-order valence-electron chi connectivity index (χ0n) is 8.74. The number of hydrogen-bond donors (Lipinski definition) is 1. The maximum Gasteiger partial charge on any atom is 0.135 e. The van der Waals surface area contributed by atoms with E-state index in [1.54, 1.807) is 6.26 Å². The second-order valence-electron chi connectivity index (χ2n) is 3.59. The second kappa shape index (κ2) is 3.69. The van der Waals surface area contributed by atoms with E-state index in [4.69, 9.17) is 9.93 Å². The molecule has 15 heavy (non-hydrogen) atoms. The van der Waals surface area contributed by atoms with Gasteiger partial charge >= 0.3 is 0 Å². The SMILES string of the molecule is Cc1ccc(C(=N)c2nocc2C)cc1. The molecule has 0 radical (unpaired) electrons. The van der Waals surface area contributed by atoms with Crippen LogP contribution in [0.2, 0.25) is 0 Å². The molecule has 2 rings (SSSR count). The van der Waals surface area contributed by atoms with Crippen LogP contribution in [0.3, 0.4) is 0 Å². The van der Waals surface area contributed by atoms with Crippen LogP contribution in [0, 0.1) is 19.3 Å². The number of aryl methyl sites for hydroxylation is 2. The minimum absolute atomic E-state index is 0.404. The van der Waals surface area contributed by atoms with Crippen LogP contribution in [0.1, 0.15) is 22.4 Å². The molecule has 2 aromatic rings. The van der Waals surface area contributed by atoms with E-state index in [2.05, 4.69) is 5.16 Å². The number of nitrogens with zero attached hydrogens (tertiary/aromatic N) is 1. The van der Waals surface area contributed by atoms with Gasteiger partial charge in [0.2, 0.25) is 0 Å². The summed E-state index contributed by atoms with van der Waals surface area (Å²) in [6, 6.07) is 7.82. The summed E-state index contributed by atoms with van der Waals surface area (Å²) in [4.78, 5) is 0. The Morgan fingerprint density at radius 2 is 1.87 bits per heavy atom. The predicted octanol–water partition coefficient (Wildman–Crippen LogP) is 2.71. The lowest BCUT2D eigenvalue weighted by Crippen LogP contribution is -2.03. The highest BCUT2D eigenvalue weighted by molar-refractivity contribution is 6.10. The summed E-state index contributed by atoms with van der Waals surface area (Å²) >= 11 is 0. The van der Waals surface area contributed by atoms with Gasteiger partial charge in [0.25, 0.3) is 0 Å². The third kappa shape index (κ3) is 1.81. The fourth-order valence-corrected chi connectivity index (χ4v) is 1.39. The second-order valence-corrected chi connectivity index (χ2v) is 3.59. The van der Waals surface area contributed by atoms with Gasteiger partial charge in [-0.2, -0.15) is 0 Å². The van der Waals surface area contributed by atoms with E-state index in [1.165, 1.54) is 5.56 Å². The molecule has 0 aliphatic rings. The van der Waals surface area contributed by atoms with E-state index in [1.807, 2.05) is 38.1 Å². The molecule has 0 aliphatic carbocycles. The summed E-state index contributed by atoms with van der Waals surface area (Å²) in [6.45, 7) is 3.91. The van der Waals surface area contributed by atoms with Crippen molar-refractivity contribution in [3.63, 3.8) is 0 Å². The quantitative estimate of drug-likeness (QED) is 0.758. The first-order valence-corrected chi connectivity index (χ1v) is 4.75. The van der Waals surface area contributed by atoms with Crippen LogP contribution in [0.15, 0.2) is 35.1 Å². The van der Waals surface area contributed by atoms with Crippen molar-refractivity contribution in [1.82, 2.24) is 5.16 Å². The van der Waals surface area contributed by atoms with Crippen molar-refractivity contribution in [2.24, 2.45) is 0 Å². The van der Waals surface area contributed by atoms with E-state index >= 15 is 0 Å². The summed E-state index contributed by atoms with van der Waals surface area (Å²) in [5.41, 5.74) is 3.95. The Hall–Kier alpha value is -1.90. The molecular weight excluding hydrogens is 188 g/mol. The van der Waals surface area contributed by atoms with Crippen LogP contribution in [0.5, 0.6) is 0 Å². The first-order valence-electron chi connectivity index (χ1n) is 4.75. The number of hydrogen-bond acceptors (Lipinski definition) is 3. The van der Waals surface area contributed by atoms with E-state index in [0.29, 0.717) is 11.4 Å². The highest BCUT2D eigenvalue weighted by atomic mass is 16.5. The topological polar surface area (TPSA) is 49.9 Å². The molecule has 0 saturated heterocycles. The summed E-state index contributed by atoms with van der Waals surface area (Å²) in [7, 11) is 0. The molecule has 0 fully saturated rings. The summed E-state index contributed by atoms with van der Waals surface area (Å²) in [5.74, 6) is 0. The lowest BCUT2D eigenvalue weighted by atomic mass is 10.0. The van der Waals surface area contributed by atoms with Crippen molar-refractivity contribution in [3.8, 4) is 0 Å². The molecule has 1 heterocycles. The van der Waals surface area contributed by atoms with Gasteiger partial charge in [-0.15, -0.1) is 0 Å². The Morgan fingerprint density at radius 1 is 1.20 bits per heavy atom. The zero-order chi connectivity index (χ0) is 10.8. The van der Waals surface area contributed by atoms with Crippen LogP contribution < -0.4 is 0 Å². The molecule has 76 valence electrons. The fraction of sp³-hybridized carbons (Fsp3) is 0.167. The minimum atomic E-state index is 0.404. The molecular formula is C12H12N2O. The molecule has 3 nitrogen and oxygen atoms in total. The summed E-state index contributed by atoms with van der Waals surface area (Å²) < 4.78 is 4.82. The molecule has 0 bridgehead atoms. The average Bonchev–Trinajstić information content (AvgIpc) is 2.65. The van der Waals surface area contributed by atoms with Crippen LogP contribution >= 0.6 is 0 Å². The van der Waals surface area contributed by atoms with Crippen molar-refractivity contribution in [2.75, 3.05) is 0 Å². The van der Waals surface area contributed by atoms with E-state index in [9.17, 15) is 0 Å². The lowest BCUT2D eigenvalue weighted by molar-refractivity contribution is 0.418. The lowest BCUT2D eigenvalue weighted by Gasteiger charge is -2.01. The van der Waals surface area contributed by atoms with Crippen molar-refractivity contribution < 1.29 is 4.52 Å². The molecule has 1 aromatic heterocycles. The Bertz CT molecular complexity index is 483. The van der Waals surface area contributed by atoms with Crippen molar-refractivity contribution in [1.29, 1.82) is 5.41 Å². The smallest absolute Gasteiger partial charge is 0.135 e. The van der Waals surface area contributed by atoms with Gasteiger partial charge in [-0.25, -0.2) is 0 Å². The van der Waals surface area contributed by atoms with Gasteiger partial charge in [-0.05, 0) is 13.8 Å². The molecule has 0 unspecified atom stereocenters. The van der Waals surface area contributed by atoms with Crippen molar-refractivity contribution >= 4 is 5.71 Å². The highest BCUT2D eigenvalue weighted by Gasteiger charge is 2.11. The molecule has 0 atom stereocenters. The first-order chi connectivity index (χ1) is 7.18. The molecule has 0 amide bonds. The van der Waals surface area contributed by atoms with E-state index in [0.717, 1.165) is 11.1 Å².